The van der Waals surface area contributed by atoms with Crippen LogP contribution in [0.3, 0.4) is 0 Å². The molecule has 25 heavy (non-hydrogen) atoms. The summed E-state index contributed by atoms with van der Waals surface area (Å²) in [5.74, 6) is 1.85. The molecule has 5 heteroatoms. The van der Waals surface area contributed by atoms with Crippen LogP contribution in [0, 0.1) is 6.92 Å². The van der Waals surface area contributed by atoms with Crippen LogP contribution in [0.15, 0.2) is 47.6 Å². The molecule has 132 valence electrons. The number of imidazole rings is 1. The van der Waals surface area contributed by atoms with Crippen molar-refractivity contribution in [2.75, 3.05) is 5.75 Å². The smallest absolute Gasteiger partial charge is 0.109 e. The molecule has 3 aromatic rings. The van der Waals surface area contributed by atoms with Crippen LogP contribution in [0.2, 0.25) is 0 Å². The van der Waals surface area contributed by atoms with Crippen LogP contribution in [0.1, 0.15) is 37.6 Å². The Morgan fingerprint density at radius 3 is 2.68 bits per heavy atom. The number of aryl methyl sites for hydroxylation is 3. The quantitative estimate of drug-likeness (QED) is 0.567. The van der Waals surface area contributed by atoms with Crippen molar-refractivity contribution in [2.24, 2.45) is 0 Å². The van der Waals surface area contributed by atoms with Gasteiger partial charge in [0.15, 0.2) is 0 Å². The van der Waals surface area contributed by atoms with Gasteiger partial charge in [0.2, 0.25) is 0 Å². The molecule has 0 bridgehead atoms. The number of pyridine rings is 1. The minimum Gasteiger partial charge on any atom is -0.328 e. The van der Waals surface area contributed by atoms with Gasteiger partial charge >= 0.3 is 0 Å². The number of hydrogen-bond acceptors (Lipinski definition) is 3. The molecule has 0 saturated heterocycles. The summed E-state index contributed by atoms with van der Waals surface area (Å²) >= 11 is 0. The first-order valence-corrected chi connectivity index (χ1v) is 10.3. The van der Waals surface area contributed by atoms with Gasteiger partial charge in [-0.15, -0.1) is 0 Å². The zero-order valence-electron chi connectivity index (χ0n) is 14.9. The molecule has 3 rings (SSSR count). The predicted molar refractivity (Wildman–Crippen MR) is 103 cm³/mol. The third-order valence-electron chi connectivity index (χ3n) is 4.35. The Morgan fingerprint density at radius 2 is 1.92 bits per heavy atom. The molecule has 0 spiro atoms. The van der Waals surface area contributed by atoms with E-state index < -0.39 is 10.8 Å². The molecule has 0 radical (unpaired) electrons. The normalized spacial score (nSPS) is 12.6. The fraction of sp³-hybridized carbons (Fsp3) is 0.400. The molecule has 4 nitrogen and oxygen atoms in total. The lowest BCUT2D eigenvalue weighted by Gasteiger charge is -2.10. The van der Waals surface area contributed by atoms with E-state index in [9.17, 15) is 4.21 Å². The predicted octanol–water partition coefficient (Wildman–Crippen LogP) is 4.28. The zero-order valence-corrected chi connectivity index (χ0v) is 15.8. The number of fused-ring (bicyclic) bond motifs is 1. The Kier molecular flexibility index (Phi) is 5.97. The van der Waals surface area contributed by atoms with E-state index >= 15 is 0 Å². The van der Waals surface area contributed by atoms with Gasteiger partial charge in [-0.05, 0) is 43.9 Å². The summed E-state index contributed by atoms with van der Waals surface area (Å²) in [4.78, 5) is 9.95. The number of hydrogen-bond donors (Lipinski definition) is 0. The van der Waals surface area contributed by atoms with Gasteiger partial charge in [-0.2, -0.15) is 0 Å². The summed E-state index contributed by atoms with van der Waals surface area (Å²) in [7, 11) is -0.907. The van der Waals surface area contributed by atoms with Crippen molar-refractivity contribution in [1.82, 2.24) is 14.5 Å². The van der Waals surface area contributed by atoms with Crippen LogP contribution in [0.4, 0.5) is 0 Å². The largest absolute Gasteiger partial charge is 0.328 e. The molecular weight excluding hydrogens is 330 g/mol. The Balaban J connectivity index is 1.66. The zero-order chi connectivity index (χ0) is 17.6. The van der Waals surface area contributed by atoms with E-state index in [0.717, 1.165) is 48.5 Å². The van der Waals surface area contributed by atoms with Gasteiger partial charge in [-0.3, -0.25) is 9.19 Å². The third kappa shape index (κ3) is 4.15. The maximum Gasteiger partial charge on any atom is 0.109 e. The summed E-state index contributed by atoms with van der Waals surface area (Å²) in [6.45, 7) is 5.19. The third-order valence-corrected chi connectivity index (χ3v) is 5.81. The van der Waals surface area contributed by atoms with E-state index in [1.54, 1.807) is 0 Å². The molecule has 2 aromatic heterocycles. The van der Waals surface area contributed by atoms with Crippen LogP contribution < -0.4 is 0 Å². The van der Waals surface area contributed by atoms with Gasteiger partial charge in [0.1, 0.15) is 11.3 Å². The summed E-state index contributed by atoms with van der Waals surface area (Å²) in [5.41, 5.74) is 3.35. The summed E-state index contributed by atoms with van der Waals surface area (Å²) in [6, 6.07) is 9.72. The van der Waals surface area contributed by atoms with Crippen molar-refractivity contribution >= 4 is 21.8 Å². The summed E-state index contributed by atoms with van der Waals surface area (Å²) in [6.07, 6.45) is 7.75. The van der Waals surface area contributed by atoms with E-state index in [1.807, 2.05) is 42.7 Å². The van der Waals surface area contributed by atoms with Crippen LogP contribution >= 0.6 is 0 Å². The summed E-state index contributed by atoms with van der Waals surface area (Å²) in [5, 5.41) is 0. The fourth-order valence-corrected chi connectivity index (χ4v) is 4.32. The van der Waals surface area contributed by atoms with Crippen molar-refractivity contribution in [1.29, 1.82) is 0 Å². The Bertz CT molecular complexity index is 858. The first-order chi connectivity index (χ1) is 12.2. The standard InChI is InChI=1S/C20H25N3OS/c1-3-9-19-22-18-15-21-14-16(2)20(18)23(19)12-7-8-13-25(24)17-10-5-4-6-11-17/h4-6,10-11,14-15H,3,7-9,12-13H2,1-2H3. The van der Waals surface area contributed by atoms with Crippen molar-refractivity contribution < 1.29 is 4.21 Å². The topological polar surface area (TPSA) is 47.8 Å². The molecule has 0 fully saturated rings. The molecule has 0 aliphatic rings. The van der Waals surface area contributed by atoms with E-state index in [0.29, 0.717) is 5.75 Å². The molecule has 0 amide bonds. The SMILES string of the molecule is CCCc1nc2cncc(C)c2n1CCCCS(=O)c1ccccc1. The molecule has 0 aliphatic heterocycles. The summed E-state index contributed by atoms with van der Waals surface area (Å²) < 4.78 is 14.7. The average Bonchev–Trinajstić information content (AvgIpc) is 2.98. The minimum absolute atomic E-state index is 0.709. The van der Waals surface area contributed by atoms with Gasteiger partial charge in [-0.1, -0.05) is 25.1 Å². The van der Waals surface area contributed by atoms with Crippen molar-refractivity contribution in [3.05, 3.63) is 54.1 Å². The van der Waals surface area contributed by atoms with Gasteiger partial charge in [0.25, 0.3) is 0 Å². The highest BCUT2D eigenvalue weighted by Gasteiger charge is 2.12. The average molecular weight is 356 g/mol. The highest BCUT2D eigenvalue weighted by Crippen LogP contribution is 2.21. The molecule has 1 atom stereocenters. The second-order valence-electron chi connectivity index (χ2n) is 6.32. The van der Waals surface area contributed by atoms with E-state index in [4.69, 9.17) is 4.98 Å². The van der Waals surface area contributed by atoms with Crippen LogP contribution in [0.5, 0.6) is 0 Å². The Hall–Kier alpha value is -2.01. The van der Waals surface area contributed by atoms with Gasteiger partial charge in [0, 0.05) is 29.8 Å². The van der Waals surface area contributed by atoms with E-state index in [1.165, 1.54) is 11.1 Å². The molecule has 0 aliphatic carbocycles. The van der Waals surface area contributed by atoms with Crippen LogP contribution in [0.25, 0.3) is 11.0 Å². The molecular formula is C20H25N3OS. The van der Waals surface area contributed by atoms with Gasteiger partial charge in [0.05, 0.1) is 22.5 Å². The molecule has 0 N–H and O–H groups in total. The van der Waals surface area contributed by atoms with Crippen molar-refractivity contribution in [2.45, 2.75) is 51.0 Å². The van der Waals surface area contributed by atoms with Crippen molar-refractivity contribution in [3.8, 4) is 0 Å². The fourth-order valence-electron chi connectivity index (χ4n) is 3.15. The van der Waals surface area contributed by atoms with E-state index in [2.05, 4.69) is 23.4 Å². The lowest BCUT2D eigenvalue weighted by molar-refractivity contribution is 0.609. The monoisotopic (exact) mass is 355 g/mol. The number of aromatic nitrogens is 3. The first kappa shape index (κ1) is 17.8. The highest BCUT2D eigenvalue weighted by atomic mass is 32.2. The minimum atomic E-state index is -0.907. The molecule has 1 aromatic carbocycles. The maximum absolute atomic E-state index is 12.3. The van der Waals surface area contributed by atoms with Gasteiger partial charge in [-0.25, -0.2) is 4.98 Å². The Morgan fingerprint density at radius 1 is 1.12 bits per heavy atom. The van der Waals surface area contributed by atoms with Crippen LogP contribution in [-0.4, -0.2) is 24.5 Å². The molecule has 0 saturated carbocycles. The first-order valence-electron chi connectivity index (χ1n) is 8.94. The molecule has 2 heterocycles. The number of unbranched alkanes of at least 4 members (excludes halogenated alkanes) is 1. The Labute approximate surface area is 151 Å². The van der Waals surface area contributed by atoms with Crippen molar-refractivity contribution in [3.63, 3.8) is 0 Å². The molecule has 1 unspecified atom stereocenters. The lowest BCUT2D eigenvalue weighted by Crippen LogP contribution is -2.06. The van der Waals surface area contributed by atoms with Crippen LogP contribution in [-0.2, 0) is 23.8 Å². The highest BCUT2D eigenvalue weighted by molar-refractivity contribution is 7.85. The second kappa shape index (κ2) is 8.39. The van der Waals surface area contributed by atoms with Gasteiger partial charge < -0.3 is 4.57 Å². The number of nitrogens with zero attached hydrogens (tertiary/aromatic N) is 3. The van der Waals surface area contributed by atoms with E-state index in [-0.39, 0.29) is 0 Å². The lowest BCUT2D eigenvalue weighted by atomic mass is 10.2. The number of rotatable bonds is 8. The number of benzene rings is 1. The maximum atomic E-state index is 12.3. The second-order valence-corrected chi connectivity index (χ2v) is 7.89.